The molecule has 2 nitrogen and oxygen atoms in total. The number of carboxylic acid groups (broad SMARTS) is 1. The van der Waals surface area contributed by atoms with E-state index in [-0.39, 0.29) is 5.56 Å². The number of carbonyl (C=O) groups is 1. The number of rotatable bonds is 2. The lowest BCUT2D eigenvalue weighted by molar-refractivity contribution is 0.0698. The van der Waals surface area contributed by atoms with Crippen molar-refractivity contribution in [1.29, 1.82) is 0 Å². The molecule has 0 aliphatic heterocycles. The summed E-state index contributed by atoms with van der Waals surface area (Å²) in [6.45, 7) is 1.74. The number of aryl methyl sites for hydroxylation is 1. The molecule has 17 heavy (non-hydrogen) atoms. The summed E-state index contributed by atoms with van der Waals surface area (Å²) in [7, 11) is 0. The van der Waals surface area contributed by atoms with Gasteiger partial charge in [0.05, 0.1) is 5.56 Å². The molecular weight excluding hydrogens is 246 g/mol. The van der Waals surface area contributed by atoms with Crippen molar-refractivity contribution < 1.29 is 18.7 Å². The quantitative estimate of drug-likeness (QED) is 0.887. The zero-order valence-electron chi connectivity index (χ0n) is 8.83. The van der Waals surface area contributed by atoms with Crippen LogP contribution in [0.5, 0.6) is 0 Å². The smallest absolute Gasteiger partial charge is 0.337 e. The Morgan fingerprint density at radius 2 is 2.00 bits per heavy atom. The number of aromatic carboxylic acids is 1. The van der Waals surface area contributed by atoms with E-state index < -0.39 is 17.6 Å². The van der Waals surface area contributed by atoms with Crippen LogP contribution in [0.15, 0.2) is 23.6 Å². The minimum atomic E-state index is -1.07. The predicted molar refractivity (Wildman–Crippen MR) is 61.4 cm³/mol. The SMILES string of the molecule is Cc1scc(C(=O)O)c1-c1ccc(F)c(F)c1. The maximum Gasteiger partial charge on any atom is 0.337 e. The second-order valence-corrected chi connectivity index (χ2v) is 4.60. The van der Waals surface area contributed by atoms with Gasteiger partial charge in [-0.3, -0.25) is 0 Å². The first-order chi connectivity index (χ1) is 8.00. The van der Waals surface area contributed by atoms with Crippen molar-refractivity contribution >= 4 is 17.3 Å². The van der Waals surface area contributed by atoms with Gasteiger partial charge in [-0.25, -0.2) is 13.6 Å². The second kappa shape index (κ2) is 4.25. The monoisotopic (exact) mass is 254 g/mol. The van der Waals surface area contributed by atoms with Gasteiger partial charge in [0.25, 0.3) is 0 Å². The van der Waals surface area contributed by atoms with Gasteiger partial charge in [0.15, 0.2) is 11.6 Å². The molecule has 1 N–H and O–H groups in total. The van der Waals surface area contributed by atoms with Gasteiger partial charge in [0.1, 0.15) is 0 Å². The highest BCUT2D eigenvalue weighted by molar-refractivity contribution is 7.10. The summed E-state index contributed by atoms with van der Waals surface area (Å²) in [4.78, 5) is 11.8. The second-order valence-electron chi connectivity index (χ2n) is 3.51. The molecule has 5 heteroatoms. The summed E-state index contributed by atoms with van der Waals surface area (Å²) >= 11 is 1.27. The van der Waals surface area contributed by atoms with Crippen molar-refractivity contribution in [3.63, 3.8) is 0 Å². The molecule has 0 bridgehead atoms. The van der Waals surface area contributed by atoms with Gasteiger partial charge in [0, 0.05) is 15.8 Å². The van der Waals surface area contributed by atoms with Crippen LogP contribution in [0.4, 0.5) is 8.78 Å². The molecule has 0 aliphatic carbocycles. The van der Waals surface area contributed by atoms with E-state index in [0.29, 0.717) is 11.1 Å². The van der Waals surface area contributed by atoms with Crippen molar-refractivity contribution in [2.45, 2.75) is 6.92 Å². The van der Waals surface area contributed by atoms with Crippen LogP contribution in [-0.2, 0) is 0 Å². The summed E-state index contributed by atoms with van der Waals surface area (Å²) in [6, 6.07) is 3.38. The van der Waals surface area contributed by atoms with Crippen LogP contribution in [0.2, 0.25) is 0 Å². The Hall–Kier alpha value is -1.75. The summed E-state index contributed by atoms with van der Waals surface area (Å²) in [5.41, 5.74) is 0.931. The fourth-order valence-corrected chi connectivity index (χ4v) is 2.48. The molecule has 0 saturated carbocycles. The van der Waals surface area contributed by atoms with E-state index in [1.807, 2.05) is 0 Å². The normalized spacial score (nSPS) is 10.5. The van der Waals surface area contributed by atoms with E-state index in [1.54, 1.807) is 6.92 Å². The molecule has 0 radical (unpaired) electrons. The van der Waals surface area contributed by atoms with Crippen LogP contribution in [0.25, 0.3) is 11.1 Å². The van der Waals surface area contributed by atoms with Gasteiger partial charge in [-0.1, -0.05) is 6.07 Å². The first-order valence-electron chi connectivity index (χ1n) is 4.77. The number of carboxylic acids is 1. The highest BCUT2D eigenvalue weighted by Crippen LogP contribution is 2.33. The molecule has 2 aromatic rings. The van der Waals surface area contributed by atoms with Crippen LogP contribution >= 0.6 is 11.3 Å². The Kier molecular flexibility index (Phi) is 2.93. The Morgan fingerprint density at radius 1 is 1.29 bits per heavy atom. The standard InChI is InChI=1S/C12H8F2O2S/c1-6-11(8(5-17-6)12(15)16)7-2-3-9(13)10(14)4-7/h2-5H,1H3,(H,15,16). The van der Waals surface area contributed by atoms with E-state index in [4.69, 9.17) is 5.11 Å². The highest BCUT2D eigenvalue weighted by atomic mass is 32.1. The van der Waals surface area contributed by atoms with Gasteiger partial charge in [0.2, 0.25) is 0 Å². The van der Waals surface area contributed by atoms with E-state index in [1.165, 1.54) is 22.8 Å². The molecule has 0 unspecified atom stereocenters. The van der Waals surface area contributed by atoms with Gasteiger partial charge < -0.3 is 5.11 Å². The summed E-state index contributed by atoms with van der Waals surface area (Å²) in [5.74, 6) is -3.00. The lowest BCUT2D eigenvalue weighted by Gasteiger charge is -2.03. The maximum atomic E-state index is 13.1. The first kappa shape index (κ1) is 11.7. The number of benzene rings is 1. The van der Waals surface area contributed by atoms with Crippen LogP contribution in [-0.4, -0.2) is 11.1 Å². The third kappa shape index (κ3) is 2.06. The van der Waals surface area contributed by atoms with Gasteiger partial charge in [-0.15, -0.1) is 11.3 Å². The van der Waals surface area contributed by atoms with Crippen molar-refractivity contribution in [2.24, 2.45) is 0 Å². The lowest BCUT2D eigenvalue weighted by Crippen LogP contribution is -1.97. The fraction of sp³-hybridized carbons (Fsp3) is 0.0833. The number of halogens is 2. The molecule has 0 spiro atoms. The lowest BCUT2D eigenvalue weighted by atomic mass is 10.0. The molecule has 2 rings (SSSR count). The fourth-order valence-electron chi connectivity index (χ4n) is 1.62. The van der Waals surface area contributed by atoms with E-state index in [2.05, 4.69) is 0 Å². The van der Waals surface area contributed by atoms with Gasteiger partial charge in [-0.2, -0.15) is 0 Å². The first-order valence-corrected chi connectivity index (χ1v) is 5.65. The third-order valence-corrected chi connectivity index (χ3v) is 3.32. The average Bonchev–Trinajstić information content (AvgIpc) is 2.64. The number of hydrogen-bond acceptors (Lipinski definition) is 2. The molecular formula is C12H8F2O2S. The molecule has 0 atom stereocenters. The average molecular weight is 254 g/mol. The number of hydrogen-bond donors (Lipinski definition) is 1. The molecule has 0 saturated heterocycles. The molecule has 1 heterocycles. The van der Waals surface area contributed by atoms with Crippen LogP contribution in [0.1, 0.15) is 15.2 Å². The minimum Gasteiger partial charge on any atom is -0.478 e. The zero-order valence-corrected chi connectivity index (χ0v) is 9.65. The third-order valence-electron chi connectivity index (χ3n) is 2.41. The van der Waals surface area contributed by atoms with Crippen LogP contribution < -0.4 is 0 Å². The molecule has 88 valence electrons. The Labute approximate surface area is 100 Å². The van der Waals surface area contributed by atoms with E-state index in [0.717, 1.165) is 17.0 Å². The molecule has 0 amide bonds. The van der Waals surface area contributed by atoms with Crippen molar-refractivity contribution in [2.75, 3.05) is 0 Å². The highest BCUT2D eigenvalue weighted by Gasteiger charge is 2.17. The summed E-state index contributed by atoms with van der Waals surface area (Å²) in [6.07, 6.45) is 0. The topological polar surface area (TPSA) is 37.3 Å². The van der Waals surface area contributed by atoms with Crippen LogP contribution in [0.3, 0.4) is 0 Å². The molecule has 0 aliphatic rings. The van der Waals surface area contributed by atoms with Crippen molar-refractivity contribution in [3.05, 3.63) is 45.7 Å². The van der Waals surface area contributed by atoms with E-state index in [9.17, 15) is 13.6 Å². The largest absolute Gasteiger partial charge is 0.478 e. The molecule has 1 aromatic heterocycles. The minimum absolute atomic E-state index is 0.110. The summed E-state index contributed by atoms with van der Waals surface area (Å²) in [5, 5.41) is 10.5. The zero-order chi connectivity index (χ0) is 12.6. The van der Waals surface area contributed by atoms with Crippen molar-refractivity contribution in [3.8, 4) is 11.1 Å². The predicted octanol–water partition coefficient (Wildman–Crippen LogP) is 3.70. The van der Waals surface area contributed by atoms with Crippen LogP contribution in [0, 0.1) is 18.6 Å². The Balaban J connectivity index is 2.63. The Morgan fingerprint density at radius 3 is 2.59 bits per heavy atom. The van der Waals surface area contributed by atoms with Crippen molar-refractivity contribution in [1.82, 2.24) is 0 Å². The van der Waals surface area contributed by atoms with Gasteiger partial charge in [-0.05, 0) is 24.6 Å². The Bertz CT molecular complexity index is 590. The van der Waals surface area contributed by atoms with Gasteiger partial charge >= 0.3 is 5.97 Å². The summed E-state index contributed by atoms with van der Waals surface area (Å²) < 4.78 is 25.9. The maximum absolute atomic E-state index is 13.1. The van der Waals surface area contributed by atoms with E-state index >= 15 is 0 Å². The molecule has 1 aromatic carbocycles. The molecule has 0 fully saturated rings. The number of thiophene rings is 1.